The summed E-state index contributed by atoms with van der Waals surface area (Å²) in [5, 5.41) is 19.7. The van der Waals surface area contributed by atoms with Crippen molar-refractivity contribution in [2.75, 3.05) is 6.61 Å². The number of nitrogens with zero attached hydrogens (tertiary/aromatic N) is 2. The molecule has 1 aromatic carbocycles. The van der Waals surface area contributed by atoms with Crippen LogP contribution < -0.4 is 4.74 Å². The first-order valence-corrected chi connectivity index (χ1v) is 5.52. The zero-order chi connectivity index (χ0) is 12.3. The van der Waals surface area contributed by atoms with E-state index in [0.717, 1.165) is 12.8 Å². The predicted molar refractivity (Wildman–Crippen MR) is 60.6 cm³/mol. The number of hydrogen-bond acceptors (Lipinski definition) is 4. The summed E-state index contributed by atoms with van der Waals surface area (Å²) in [4.78, 5) is 10.2. The van der Waals surface area contributed by atoms with Crippen LogP contribution in [0.4, 0.5) is 5.69 Å². The smallest absolute Gasteiger partial charge is 0.290 e. The van der Waals surface area contributed by atoms with Crippen LogP contribution in [0, 0.1) is 27.4 Å². The van der Waals surface area contributed by atoms with Crippen molar-refractivity contribution in [3.05, 3.63) is 33.9 Å². The van der Waals surface area contributed by atoms with Crippen LogP contribution in [0.25, 0.3) is 0 Å². The molecule has 1 fully saturated rings. The van der Waals surface area contributed by atoms with Crippen molar-refractivity contribution >= 4 is 5.69 Å². The van der Waals surface area contributed by atoms with Crippen molar-refractivity contribution in [1.29, 1.82) is 5.26 Å². The Morgan fingerprint density at radius 1 is 1.53 bits per heavy atom. The van der Waals surface area contributed by atoms with Crippen LogP contribution in [0.3, 0.4) is 0 Å². The molecule has 0 radical (unpaired) electrons. The third-order valence-corrected chi connectivity index (χ3v) is 3.01. The van der Waals surface area contributed by atoms with Gasteiger partial charge in [-0.15, -0.1) is 0 Å². The lowest BCUT2D eigenvalue weighted by atomic mass is 9.86. The van der Waals surface area contributed by atoms with E-state index in [-0.39, 0.29) is 11.3 Å². The first-order chi connectivity index (χ1) is 8.22. The summed E-state index contributed by atoms with van der Waals surface area (Å²) in [7, 11) is 0. The van der Waals surface area contributed by atoms with Crippen LogP contribution in [0.15, 0.2) is 18.2 Å². The molecule has 0 heterocycles. The first kappa shape index (κ1) is 11.4. The third-order valence-electron chi connectivity index (χ3n) is 3.01. The molecule has 0 aliphatic heterocycles. The van der Waals surface area contributed by atoms with E-state index in [1.807, 2.05) is 6.07 Å². The van der Waals surface area contributed by atoms with Crippen LogP contribution in [0.2, 0.25) is 0 Å². The highest BCUT2D eigenvalue weighted by Crippen LogP contribution is 2.30. The van der Waals surface area contributed by atoms with E-state index in [4.69, 9.17) is 10.00 Å². The van der Waals surface area contributed by atoms with Gasteiger partial charge in [0.25, 0.3) is 5.69 Å². The normalized spacial score (nSPS) is 14.8. The molecule has 1 saturated carbocycles. The minimum absolute atomic E-state index is 0.0109. The van der Waals surface area contributed by atoms with Gasteiger partial charge in [-0.1, -0.05) is 12.5 Å². The van der Waals surface area contributed by atoms with Gasteiger partial charge in [0.15, 0.2) is 5.56 Å². The topological polar surface area (TPSA) is 76.2 Å². The molecule has 2 rings (SSSR count). The fourth-order valence-electron chi connectivity index (χ4n) is 1.77. The van der Waals surface area contributed by atoms with Crippen molar-refractivity contribution in [3.8, 4) is 11.8 Å². The molecule has 5 nitrogen and oxygen atoms in total. The quantitative estimate of drug-likeness (QED) is 0.590. The van der Waals surface area contributed by atoms with Gasteiger partial charge in [-0.2, -0.15) is 5.26 Å². The molecule has 0 saturated heterocycles. The lowest BCUT2D eigenvalue weighted by Crippen LogP contribution is -2.19. The molecule has 0 aromatic heterocycles. The SMILES string of the molecule is N#Cc1c(OCC2CCC2)cccc1[N+](=O)[O-]. The van der Waals surface area contributed by atoms with Crippen molar-refractivity contribution in [3.63, 3.8) is 0 Å². The van der Waals surface area contributed by atoms with Crippen LogP contribution in [0.5, 0.6) is 5.75 Å². The third kappa shape index (κ3) is 2.36. The van der Waals surface area contributed by atoms with Gasteiger partial charge in [-0.3, -0.25) is 10.1 Å². The minimum Gasteiger partial charge on any atom is -0.492 e. The molecule has 88 valence electrons. The number of ether oxygens (including phenoxy) is 1. The van der Waals surface area contributed by atoms with Gasteiger partial charge >= 0.3 is 0 Å². The Bertz CT molecular complexity index is 475. The van der Waals surface area contributed by atoms with Crippen molar-refractivity contribution < 1.29 is 9.66 Å². The molecular formula is C12H12N2O3. The molecule has 0 spiro atoms. The van der Waals surface area contributed by atoms with E-state index in [1.165, 1.54) is 18.6 Å². The summed E-state index contributed by atoms with van der Waals surface area (Å²) in [6.07, 6.45) is 3.49. The van der Waals surface area contributed by atoms with Crippen LogP contribution in [0.1, 0.15) is 24.8 Å². The molecule has 17 heavy (non-hydrogen) atoms. The van der Waals surface area contributed by atoms with E-state index in [2.05, 4.69) is 0 Å². The monoisotopic (exact) mass is 232 g/mol. The van der Waals surface area contributed by atoms with Crippen LogP contribution in [-0.2, 0) is 0 Å². The summed E-state index contributed by atoms with van der Waals surface area (Å²) < 4.78 is 5.50. The molecule has 5 heteroatoms. The van der Waals surface area contributed by atoms with Gasteiger partial charge in [0.2, 0.25) is 0 Å². The summed E-state index contributed by atoms with van der Waals surface area (Å²) in [5.41, 5.74) is -0.185. The Hall–Kier alpha value is -2.09. The average molecular weight is 232 g/mol. The Labute approximate surface area is 98.8 Å². The zero-order valence-corrected chi connectivity index (χ0v) is 9.26. The fraction of sp³-hybridized carbons (Fsp3) is 0.417. The lowest BCUT2D eigenvalue weighted by Gasteiger charge is -2.25. The van der Waals surface area contributed by atoms with Crippen LogP contribution in [-0.4, -0.2) is 11.5 Å². The fourth-order valence-corrected chi connectivity index (χ4v) is 1.77. The van der Waals surface area contributed by atoms with Gasteiger partial charge < -0.3 is 4.74 Å². The number of nitro benzene ring substituents is 1. The predicted octanol–water partition coefficient (Wildman–Crippen LogP) is 2.65. The number of rotatable bonds is 4. The second kappa shape index (κ2) is 4.83. The van der Waals surface area contributed by atoms with Gasteiger partial charge in [0, 0.05) is 6.07 Å². The van der Waals surface area contributed by atoms with Gasteiger partial charge in [-0.25, -0.2) is 0 Å². The average Bonchev–Trinajstić information content (AvgIpc) is 2.26. The van der Waals surface area contributed by atoms with Crippen molar-refractivity contribution in [2.24, 2.45) is 5.92 Å². The Morgan fingerprint density at radius 2 is 2.29 bits per heavy atom. The molecule has 1 aliphatic rings. The molecule has 0 unspecified atom stereocenters. The van der Waals surface area contributed by atoms with E-state index < -0.39 is 4.92 Å². The highest BCUT2D eigenvalue weighted by atomic mass is 16.6. The number of benzene rings is 1. The summed E-state index contributed by atoms with van der Waals surface area (Å²) in [6.45, 7) is 0.538. The Kier molecular flexibility index (Phi) is 3.24. The number of nitro groups is 1. The maximum atomic E-state index is 10.7. The zero-order valence-electron chi connectivity index (χ0n) is 9.26. The molecule has 0 bridgehead atoms. The van der Waals surface area contributed by atoms with E-state index in [0.29, 0.717) is 18.3 Å². The van der Waals surface area contributed by atoms with Crippen LogP contribution >= 0.6 is 0 Å². The number of nitriles is 1. The molecule has 1 aliphatic carbocycles. The molecule has 1 aromatic rings. The second-order valence-corrected chi connectivity index (χ2v) is 4.13. The van der Waals surface area contributed by atoms with Gasteiger partial charge in [0.05, 0.1) is 11.5 Å². The lowest BCUT2D eigenvalue weighted by molar-refractivity contribution is -0.385. The van der Waals surface area contributed by atoms with Gasteiger partial charge in [0.1, 0.15) is 11.8 Å². The van der Waals surface area contributed by atoms with E-state index in [9.17, 15) is 10.1 Å². The molecule has 0 N–H and O–H groups in total. The largest absolute Gasteiger partial charge is 0.492 e. The van der Waals surface area contributed by atoms with Crippen molar-refractivity contribution in [1.82, 2.24) is 0 Å². The molecular weight excluding hydrogens is 220 g/mol. The summed E-state index contributed by atoms with van der Waals surface area (Å²) >= 11 is 0. The highest BCUT2D eigenvalue weighted by molar-refractivity contribution is 5.56. The molecule has 0 amide bonds. The maximum absolute atomic E-state index is 10.7. The highest BCUT2D eigenvalue weighted by Gasteiger charge is 2.21. The first-order valence-electron chi connectivity index (χ1n) is 5.52. The van der Waals surface area contributed by atoms with E-state index >= 15 is 0 Å². The van der Waals surface area contributed by atoms with Crippen molar-refractivity contribution in [2.45, 2.75) is 19.3 Å². The maximum Gasteiger partial charge on any atom is 0.290 e. The summed E-state index contributed by atoms with van der Waals surface area (Å²) in [5.74, 6) is 0.842. The van der Waals surface area contributed by atoms with E-state index in [1.54, 1.807) is 6.07 Å². The molecule has 0 atom stereocenters. The number of hydrogen-bond donors (Lipinski definition) is 0. The van der Waals surface area contributed by atoms with Gasteiger partial charge in [-0.05, 0) is 24.8 Å². The minimum atomic E-state index is -0.561. The Balaban J connectivity index is 2.17. The standard InChI is InChI=1S/C12H12N2O3/c13-7-10-11(14(15)16)5-2-6-12(10)17-8-9-3-1-4-9/h2,5-6,9H,1,3-4,8H2. The summed E-state index contributed by atoms with van der Waals surface area (Å²) in [6, 6.07) is 6.29. The Morgan fingerprint density at radius 3 is 2.82 bits per heavy atom. The second-order valence-electron chi connectivity index (χ2n) is 4.13.